The van der Waals surface area contributed by atoms with E-state index in [1.807, 2.05) is 50.2 Å². The van der Waals surface area contributed by atoms with Crippen LogP contribution in [0.4, 0.5) is 0 Å². The van der Waals surface area contributed by atoms with Gasteiger partial charge in [-0.25, -0.2) is 0 Å². The van der Waals surface area contributed by atoms with Gasteiger partial charge in [-0.15, -0.1) is 0 Å². The van der Waals surface area contributed by atoms with Crippen LogP contribution in [0.2, 0.25) is 0 Å². The predicted octanol–water partition coefficient (Wildman–Crippen LogP) is 1.98. The van der Waals surface area contributed by atoms with Crippen LogP contribution in [0, 0.1) is 0 Å². The largest absolute Gasteiger partial charge is 0.335 e. The van der Waals surface area contributed by atoms with Gasteiger partial charge in [0.05, 0.1) is 0 Å². The van der Waals surface area contributed by atoms with Crippen molar-refractivity contribution >= 4 is 16.7 Å². The molecule has 1 aliphatic heterocycles. The number of carbonyl (C=O) groups excluding carboxylic acids is 1. The first-order chi connectivity index (χ1) is 11.0. The molecule has 5 nitrogen and oxygen atoms in total. The van der Waals surface area contributed by atoms with Gasteiger partial charge in [0, 0.05) is 46.5 Å². The summed E-state index contributed by atoms with van der Waals surface area (Å²) in [7, 11) is -0.867. The normalized spacial score (nSPS) is 22.3. The lowest BCUT2D eigenvalue weighted by Crippen LogP contribution is -2.49. The van der Waals surface area contributed by atoms with Crippen LogP contribution >= 0.6 is 0 Å². The van der Waals surface area contributed by atoms with Crippen LogP contribution in [0.15, 0.2) is 36.4 Å². The molecule has 1 saturated heterocycles. The fraction of sp³-hybridized carbons (Fsp3) is 0.412. The lowest BCUT2D eigenvalue weighted by Gasteiger charge is -2.33. The molecule has 1 aromatic carbocycles. The first kappa shape index (κ1) is 15.9. The highest BCUT2D eigenvalue weighted by molar-refractivity contribution is 7.86. The summed E-state index contributed by atoms with van der Waals surface area (Å²) in [6, 6.07) is 11.9. The van der Waals surface area contributed by atoms with Crippen LogP contribution in [-0.2, 0) is 17.2 Å². The third-order valence-corrected chi connectivity index (χ3v) is 6.01. The van der Waals surface area contributed by atoms with E-state index in [0.29, 0.717) is 18.8 Å². The van der Waals surface area contributed by atoms with Gasteiger partial charge >= 0.3 is 0 Å². The van der Waals surface area contributed by atoms with Gasteiger partial charge in [-0.2, -0.15) is 5.10 Å². The van der Waals surface area contributed by atoms with Crippen LogP contribution < -0.4 is 0 Å². The SMILES string of the molecule is C[C@@H]1CN(C(=O)c2cc(Cc3ccccc3)[nH]n2)C[C@@H](C)S1=O. The Hall–Kier alpha value is -1.95. The maximum Gasteiger partial charge on any atom is 0.274 e. The number of amides is 1. The number of nitrogens with one attached hydrogen (secondary N) is 1. The van der Waals surface area contributed by atoms with Gasteiger partial charge in [-0.3, -0.25) is 14.1 Å². The molecule has 0 bridgehead atoms. The highest BCUT2D eigenvalue weighted by atomic mass is 32.2. The van der Waals surface area contributed by atoms with Crippen LogP contribution in [0.25, 0.3) is 0 Å². The number of benzene rings is 1. The molecule has 2 atom stereocenters. The lowest BCUT2D eigenvalue weighted by molar-refractivity contribution is 0.0745. The van der Waals surface area contributed by atoms with E-state index in [9.17, 15) is 9.00 Å². The summed E-state index contributed by atoms with van der Waals surface area (Å²) in [5.41, 5.74) is 2.52. The number of aromatic amines is 1. The van der Waals surface area contributed by atoms with Crippen LogP contribution in [0.1, 0.15) is 35.6 Å². The van der Waals surface area contributed by atoms with Crippen LogP contribution in [-0.4, -0.2) is 48.8 Å². The van der Waals surface area contributed by atoms with Gasteiger partial charge in [0.2, 0.25) is 0 Å². The molecular weight excluding hydrogens is 310 g/mol. The van der Waals surface area contributed by atoms with E-state index in [-0.39, 0.29) is 16.4 Å². The molecule has 1 amide bonds. The van der Waals surface area contributed by atoms with Crippen molar-refractivity contribution in [1.82, 2.24) is 15.1 Å². The van der Waals surface area contributed by atoms with Gasteiger partial charge in [0.25, 0.3) is 5.91 Å². The Balaban J connectivity index is 1.70. The average Bonchev–Trinajstić information content (AvgIpc) is 3.01. The molecule has 122 valence electrons. The first-order valence-corrected chi connectivity index (χ1v) is 9.09. The summed E-state index contributed by atoms with van der Waals surface area (Å²) in [5.74, 6) is -0.0871. The fourth-order valence-electron chi connectivity index (χ4n) is 2.94. The van der Waals surface area contributed by atoms with Crippen LogP contribution in [0.3, 0.4) is 0 Å². The van der Waals surface area contributed by atoms with Crippen molar-refractivity contribution < 1.29 is 9.00 Å². The zero-order chi connectivity index (χ0) is 16.4. The molecule has 23 heavy (non-hydrogen) atoms. The topological polar surface area (TPSA) is 66.1 Å². The molecular formula is C17H21N3O2S. The van der Waals surface area contributed by atoms with E-state index in [1.165, 1.54) is 5.56 Å². The Kier molecular flexibility index (Phi) is 4.61. The summed E-state index contributed by atoms with van der Waals surface area (Å²) < 4.78 is 12.0. The van der Waals surface area contributed by atoms with E-state index in [1.54, 1.807) is 4.90 Å². The predicted molar refractivity (Wildman–Crippen MR) is 90.8 cm³/mol. The minimum Gasteiger partial charge on any atom is -0.335 e. The van der Waals surface area contributed by atoms with E-state index < -0.39 is 10.8 Å². The zero-order valence-corrected chi connectivity index (χ0v) is 14.2. The number of nitrogens with zero attached hydrogens (tertiary/aromatic N) is 2. The number of aromatic nitrogens is 2. The van der Waals surface area contributed by atoms with E-state index in [2.05, 4.69) is 10.2 Å². The fourth-order valence-corrected chi connectivity index (χ4v) is 4.39. The van der Waals surface area contributed by atoms with Gasteiger partial charge in [-0.05, 0) is 25.5 Å². The van der Waals surface area contributed by atoms with Crippen molar-refractivity contribution in [1.29, 1.82) is 0 Å². The summed E-state index contributed by atoms with van der Waals surface area (Å²) in [6.07, 6.45) is 0.720. The molecule has 1 fully saturated rings. The Labute approximate surface area is 138 Å². The number of hydrogen-bond donors (Lipinski definition) is 1. The molecule has 0 saturated carbocycles. The van der Waals surface area contributed by atoms with Crippen molar-refractivity contribution in [3.8, 4) is 0 Å². The van der Waals surface area contributed by atoms with Gasteiger partial charge in [0.1, 0.15) is 5.69 Å². The molecule has 0 spiro atoms. The Morgan fingerprint density at radius 1 is 1.26 bits per heavy atom. The number of carbonyl (C=O) groups is 1. The summed E-state index contributed by atoms with van der Waals surface area (Å²) >= 11 is 0. The summed E-state index contributed by atoms with van der Waals surface area (Å²) in [5, 5.41) is 7.12. The maximum atomic E-state index is 12.6. The van der Waals surface area contributed by atoms with Crippen molar-refractivity contribution in [2.75, 3.05) is 13.1 Å². The van der Waals surface area contributed by atoms with Gasteiger partial charge < -0.3 is 4.90 Å². The molecule has 2 aromatic rings. The Morgan fingerprint density at radius 3 is 2.57 bits per heavy atom. The van der Waals surface area contributed by atoms with Crippen LogP contribution in [0.5, 0.6) is 0 Å². The number of rotatable bonds is 3. The highest BCUT2D eigenvalue weighted by Gasteiger charge is 2.32. The number of H-pyrrole nitrogens is 1. The third-order valence-electron chi connectivity index (χ3n) is 4.12. The quantitative estimate of drug-likeness (QED) is 0.935. The molecule has 3 rings (SSSR count). The molecule has 2 heterocycles. The number of hydrogen-bond acceptors (Lipinski definition) is 3. The van der Waals surface area contributed by atoms with E-state index in [0.717, 1.165) is 12.1 Å². The Morgan fingerprint density at radius 2 is 1.91 bits per heavy atom. The summed E-state index contributed by atoms with van der Waals surface area (Å²) in [4.78, 5) is 14.4. The standard InChI is InChI=1S/C17H21N3O2S/c1-12-10-20(11-13(2)23(12)22)17(21)16-9-15(18-19-16)8-14-6-4-3-5-7-14/h3-7,9,12-13H,8,10-11H2,1-2H3,(H,18,19)/t12-,13-/m1/s1. The molecule has 6 heteroatoms. The highest BCUT2D eigenvalue weighted by Crippen LogP contribution is 2.17. The average molecular weight is 331 g/mol. The minimum atomic E-state index is -0.867. The second-order valence-corrected chi connectivity index (χ2v) is 8.37. The molecule has 1 aliphatic rings. The molecule has 0 radical (unpaired) electrons. The third kappa shape index (κ3) is 3.52. The monoisotopic (exact) mass is 331 g/mol. The second kappa shape index (κ2) is 6.66. The van der Waals surface area contributed by atoms with Gasteiger partial charge in [0.15, 0.2) is 0 Å². The molecule has 0 unspecified atom stereocenters. The van der Waals surface area contributed by atoms with Crippen molar-refractivity contribution in [3.05, 3.63) is 53.3 Å². The lowest BCUT2D eigenvalue weighted by atomic mass is 10.1. The first-order valence-electron chi connectivity index (χ1n) is 7.81. The second-order valence-electron chi connectivity index (χ2n) is 6.10. The minimum absolute atomic E-state index is 0.00503. The van der Waals surface area contributed by atoms with Crippen molar-refractivity contribution in [3.63, 3.8) is 0 Å². The van der Waals surface area contributed by atoms with Crippen molar-refractivity contribution in [2.45, 2.75) is 30.8 Å². The van der Waals surface area contributed by atoms with Gasteiger partial charge in [-0.1, -0.05) is 30.3 Å². The van der Waals surface area contributed by atoms with E-state index in [4.69, 9.17) is 0 Å². The molecule has 1 N–H and O–H groups in total. The van der Waals surface area contributed by atoms with E-state index >= 15 is 0 Å². The maximum absolute atomic E-state index is 12.6. The molecule has 0 aliphatic carbocycles. The Bertz CT molecular complexity index is 700. The zero-order valence-electron chi connectivity index (χ0n) is 13.4. The smallest absolute Gasteiger partial charge is 0.274 e. The summed E-state index contributed by atoms with van der Waals surface area (Å²) in [6.45, 7) is 4.90. The molecule has 1 aromatic heterocycles. The van der Waals surface area contributed by atoms with Crippen molar-refractivity contribution in [2.24, 2.45) is 0 Å².